The van der Waals surface area contributed by atoms with Gasteiger partial charge in [-0.15, -0.1) is 11.3 Å². The molecule has 0 atom stereocenters. The first kappa shape index (κ1) is 16.2. The van der Waals surface area contributed by atoms with Crippen LogP contribution in [0.4, 0.5) is 5.00 Å². The van der Waals surface area contributed by atoms with Crippen LogP contribution in [0.2, 0.25) is 0 Å². The highest BCUT2D eigenvalue weighted by Gasteiger charge is 2.20. The van der Waals surface area contributed by atoms with Crippen LogP contribution in [0.15, 0.2) is 23.2 Å². The summed E-state index contributed by atoms with van der Waals surface area (Å²) in [6.07, 6.45) is 1.57. The van der Waals surface area contributed by atoms with E-state index < -0.39 is 0 Å². The number of phenolic OH excluding ortho intramolecular Hbond substituents is 1. The summed E-state index contributed by atoms with van der Waals surface area (Å²) in [6.45, 7) is 7.85. The molecule has 5 heteroatoms. The fraction of sp³-hybridized carbons (Fsp3) is 0.294. The van der Waals surface area contributed by atoms with Crippen LogP contribution in [0, 0.1) is 20.8 Å². The zero-order valence-corrected chi connectivity index (χ0v) is 14.0. The number of carbonyl (C=O) groups excluding carboxylic acids is 1. The van der Waals surface area contributed by atoms with Crippen LogP contribution in [0.1, 0.15) is 38.8 Å². The van der Waals surface area contributed by atoms with E-state index >= 15 is 0 Å². The van der Waals surface area contributed by atoms with E-state index in [0.29, 0.717) is 22.7 Å². The number of carbonyl (C=O) groups is 1. The monoisotopic (exact) mass is 317 g/mol. The molecule has 0 spiro atoms. The second kappa shape index (κ2) is 6.75. The van der Waals surface area contributed by atoms with Crippen LogP contribution in [0.25, 0.3) is 0 Å². The number of esters is 1. The third-order valence-corrected chi connectivity index (χ3v) is 4.47. The molecule has 4 nitrogen and oxygen atoms in total. The lowest BCUT2D eigenvalue weighted by Crippen LogP contribution is -2.05. The molecule has 0 saturated carbocycles. The molecular weight excluding hydrogens is 298 g/mol. The van der Waals surface area contributed by atoms with Gasteiger partial charge in [0.15, 0.2) is 0 Å². The highest BCUT2D eigenvalue weighted by Crippen LogP contribution is 2.35. The minimum absolute atomic E-state index is 0.173. The Morgan fingerprint density at radius 3 is 2.73 bits per heavy atom. The Morgan fingerprint density at radius 1 is 1.36 bits per heavy atom. The number of aryl methyl sites for hydroxylation is 2. The van der Waals surface area contributed by atoms with Crippen LogP contribution in [0.5, 0.6) is 5.75 Å². The van der Waals surface area contributed by atoms with Crippen molar-refractivity contribution in [1.29, 1.82) is 0 Å². The van der Waals surface area contributed by atoms with E-state index in [1.807, 2.05) is 26.8 Å². The number of phenols is 1. The molecule has 0 aliphatic carbocycles. The molecule has 0 amide bonds. The largest absolute Gasteiger partial charge is 0.507 e. The lowest BCUT2D eigenvalue weighted by molar-refractivity contribution is 0.0527. The van der Waals surface area contributed by atoms with Crippen LogP contribution in [-0.4, -0.2) is 23.9 Å². The van der Waals surface area contributed by atoms with E-state index in [-0.39, 0.29) is 11.7 Å². The first-order valence-corrected chi connectivity index (χ1v) is 7.86. The number of aromatic hydroxyl groups is 1. The highest BCUT2D eigenvalue weighted by atomic mass is 32.1. The molecule has 1 aromatic heterocycles. The number of rotatable bonds is 4. The number of aliphatic imine (C=N–C) groups is 1. The number of thiophene rings is 1. The van der Waals surface area contributed by atoms with Gasteiger partial charge in [-0.05, 0) is 51.0 Å². The zero-order chi connectivity index (χ0) is 16.3. The molecule has 1 aromatic carbocycles. The van der Waals surface area contributed by atoms with Gasteiger partial charge in [0.1, 0.15) is 10.8 Å². The van der Waals surface area contributed by atoms with E-state index in [0.717, 1.165) is 16.0 Å². The van der Waals surface area contributed by atoms with Crippen molar-refractivity contribution in [2.45, 2.75) is 27.7 Å². The second-order valence-electron chi connectivity index (χ2n) is 5.00. The smallest absolute Gasteiger partial charge is 0.341 e. The first-order chi connectivity index (χ1) is 10.4. The van der Waals surface area contributed by atoms with Gasteiger partial charge in [0.25, 0.3) is 0 Å². The molecule has 1 heterocycles. The quantitative estimate of drug-likeness (QED) is 0.675. The van der Waals surface area contributed by atoms with Gasteiger partial charge in [-0.2, -0.15) is 0 Å². The minimum Gasteiger partial charge on any atom is -0.507 e. The standard InChI is InChI=1S/C17H19NO3S/c1-5-21-17(20)15-11(3)12(4)22-16(15)18-9-13-7-6-10(2)8-14(13)19/h6-9,19H,5H2,1-4H3. The molecule has 0 saturated heterocycles. The molecule has 1 N–H and O–H groups in total. The summed E-state index contributed by atoms with van der Waals surface area (Å²) in [5, 5.41) is 10.5. The number of hydrogen-bond donors (Lipinski definition) is 1. The molecule has 2 rings (SSSR count). The van der Waals surface area contributed by atoms with Crippen LogP contribution >= 0.6 is 11.3 Å². The molecule has 0 radical (unpaired) electrons. The molecular formula is C17H19NO3S. The first-order valence-electron chi connectivity index (χ1n) is 7.04. The van der Waals surface area contributed by atoms with Crippen molar-refractivity contribution in [3.8, 4) is 5.75 Å². The van der Waals surface area contributed by atoms with Gasteiger partial charge < -0.3 is 9.84 Å². The lowest BCUT2D eigenvalue weighted by Gasteiger charge is -2.03. The van der Waals surface area contributed by atoms with E-state index in [2.05, 4.69) is 4.99 Å². The van der Waals surface area contributed by atoms with Gasteiger partial charge in [0, 0.05) is 16.7 Å². The summed E-state index contributed by atoms with van der Waals surface area (Å²) >= 11 is 1.44. The number of benzene rings is 1. The molecule has 2 aromatic rings. The van der Waals surface area contributed by atoms with E-state index in [4.69, 9.17) is 4.74 Å². The van der Waals surface area contributed by atoms with Gasteiger partial charge in [-0.25, -0.2) is 9.79 Å². The average molecular weight is 317 g/mol. The van der Waals surface area contributed by atoms with E-state index in [1.54, 1.807) is 25.3 Å². The molecule has 0 unspecified atom stereocenters. The van der Waals surface area contributed by atoms with E-state index in [9.17, 15) is 9.90 Å². The fourth-order valence-corrected chi connectivity index (χ4v) is 3.02. The number of nitrogens with zero attached hydrogens (tertiary/aromatic N) is 1. The van der Waals surface area contributed by atoms with Crippen LogP contribution < -0.4 is 0 Å². The van der Waals surface area contributed by atoms with E-state index in [1.165, 1.54) is 11.3 Å². The van der Waals surface area contributed by atoms with Gasteiger partial charge in [0.05, 0.1) is 12.2 Å². The maximum atomic E-state index is 12.1. The second-order valence-corrected chi connectivity index (χ2v) is 6.21. The SMILES string of the molecule is CCOC(=O)c1c(N=Cc2ccc(C)cc2O)sc(C)c1C. The molecule has 116 valence electrons. The maximum absolute atomic E-state index is 12.1. The van der Waals surface area contributed by atoms with Crippen molar-refractivity contribution in [1.82, 2.24) is 0 Å². The summed E-state index contributed by atoms with van der Waals surface area (Å²) in [5.41, 5.74) is 2.99. The Morgan fingerprint density at radius 2 is 2.09 bits per heavy atom. The maximum Gasteiger partial charge on any atom is 0.341 e. The van der Waals surface area contributed by atoms with Gasteiger partial charge in [-0.3, -0.25) is 0 Å². The Labute approximate surface area is 134 Å². The number of hydrogen-bond acceptors (Lipinski definition) is 5. The topological polar surface area (TPSA) is 58.9 Å². The predicted octanol–water partition coefficient (Wildman–Crippen LogP) is 4.31. The minimum atomic E-state index is -0.357. The molecule has 0 aliphatic heterocycles. The summed E-state index contributed by atoms with van der Waals surface area (Å²) in [6, 6.07) is 5.38. The van der Waals surface area contributed by atoms with Crippen molar-refractivity contribution >= 4 is 28.5 Å². The van der Waals surface area contributed by atoms with Crippen molar-refractivity contribution in [3.05, 3.63) is 45.3 Å². The highest BCUT2D eigenvalue weighted by molar-refractivity contribution is 7.16. The Balaban J connectivity index is 2.39. The van der Waals surface area contributed by atoms with Crippen molar-refractivity contribution in [2.24, 2.45) is 4.99 Å². The van der Waals surface area contributed by atoms with Crippen molar-refractivity contribution in [2.75, 3.05) is 6.61 Å². The molecule has 0 aliphatic rings. The zero-order valence-electron chi connectivity index (χ0n) is 13.1. The van der Waals surface area contributed by atoms with Crippen LogP contribution in [-0.2, 0) is 4.74 Å². The van der Waals surface area contributed by atoms with Gasteiger partial charge in [-0.1, -0.05) is 6.07 Å². The average Bonchev–Trinajstić information content (AvgIpc) is 2.73. The Hall–Kier alpha value is -2.14. The normalized spacial score (nSPS) is 11.1. The van der Waals surface area contributed by atoms with Gasteiger partial charge >= 0.3 is 5.97 Å². The third-order valence-electron chi connectivity index (χ3n) is 3.35. The predicted molar refractivity (Wildman–Crippen MR) is 89.8 cm³/mol. The third kappa shape index (κ3) is 3.36. The van der Waals surface area contributed by atoms with Gasteiger partial charge in [0.2, 0.25) is 0 Å². The molecule has 22 heavy (non-hydrogen) atoms. The summed E-state index contributed by atoms with van der Waals surface area (Å²) in [7, 11) is 0. The Bertz CT molecular complexity index is 732. The Kier molecular flexibility index (Phi) is 4.98. The molecule has 0 fully saturated rings. The fourth-order valence-electron chi connectivity index (χ4n) is 2.03. The van der Waals surface area contributed by atoms with Crippen molar-refractivity contribution < 1.29 is 14.6 Å². The summed E-state index contributed by atoms with van der Waals surface area (Å²) < 4.78 is 5.10. The summed E-state index contributed by atoms with van der Waals surface area (Å²) in [5.74, 6) is -0.184. The summed E-state index contributed by atoms with van der Waals surface area (Å²) in [4.78, 5) is 17.5. The number of ether oxygens (including phenoxy) is 1. The van der Waals surface area contributed by atoms with Crippen LogP contribution in [0.3, 0.4) is 0 Å². The van der Waals surface area contributed by atoms with Crippen molar-refractivity contribution in [3.63, 3.8) is 0 Å². The molecule has 0 bridgehead atoms. The lowest BCUT2D eigenvalue weighted by atomic mass is 10.1.